The molecule has 0 aromatic heterocycles. The predicted octanol–water partition coefficient (Wildman–Crippen LogP) is 5.51. The van der Waals surface area contributed by atoms with Crippen LogP contribution in [0.3, 0.4) is 0 Å². The smallest absolute Gasteiger partial charge is 0.337 e. The van der Waals surface area contributed by atoms with Crippen LogP contribution < -0.4 is 14.8 Å². The zero-order valence-electron chi connectivity index (χ0n) is 22.2. The summed E-state index contributed by atoms with van der Waals surface area (Å²) in [6.45, 7) is 1.96. The third kappa shape index (κ3) is 5.25. The zero-order valence-corrected chi connectivity index (χ0v) is 22.2. The number of Topliss-reactive ketones (excluding diaryl/α,β-unsaturated/α-hetero) is 1. The summed E-state index contributed by atoms with van der Waals surface area (Å²) in [5, 5.41) is 13.3. The van der Waals surface area contributed by atoms with Gasteiger partial charge in [-0.25, -0.2) is 4.79 Å². The molecule has 2 atom stereocenters. The molecule has 2 N–H and O–H groups in total. The van der Waals surface area contributed by atoms with Crippen molar-refractivity contribution in [2.75, 3.05) is 14.2 Å². The first kappa shape index (κ1) is 26.1. The van der Waals surface area contributed by atoms with Gasteiger partial charge < -0.3 is 24.6 Å². The van der Waals surface area contributed by atoms with Crippen molar-refractivity contribution in [3.05, 3.63) is 112 Å². The average Bonchev–Trinajstić information content (AvgIpc) is 2.95. The molecule has 0 unspecified atom stereocenters. The molecule has 0 radical (unpaired) electrons. The maximum atomic E-state index is 13.8. The Morgan fingerprint density at radius 3 is 2.31 bits per heavy atom. The number of ketones is 1. The molecule has 3 aromatic carbocycles. The molecule has 5 rings (SSSR count). The van der Waals surface area contributed by atoms with Crippen LogP contribution in [-0.2, 0) is 20.9 Å². The second-order valence-corrected chi connectivity index (χ2v) is 9.78. The van der Waals surface area contributed by atoms with Gasteiger partial charge in [0.05, 0.1) is 19.8 Å². The summed E-state index contributed by atoms with van der Waals surface area (Å²) in [7, 11) is 3.18. The van der Waals surface area contributed by atoms with E-state index in [2.05, 4.69) is 5.32 Å². The predicted molar refractivity (Wildman–Crippen MR) is 146 cm³/mol. The third-order valence-electron chi connectivity index (χ3n) is 7.37. The van der Waals surface area contributed by atoms with Gasteiger partial charge in [-0.05, 0) is 60.2 Å². The van der Waals surface area contributed by atoms with E-state index < -0.39 is 11.9 Å². The summed E-state index contributed by atoms with van der Waals surface area (Å²) >= 11 is 0. The first-order valence-corrected chi connectivity index (χ1v) is 12.9. The minimum atomic E-state index is -0.607. The van der Waals surface area contributed by atoms with Crippen LogP contribution in [0.1, 0.15) is 48.3 Å². The van der Waals surface area contributed by atoms with Crippen LogP contribution in [0.5, 0.6) is 17.2 Å². The number of methoxy groups -OCH3 is 2. The molecule has 0 bridgehead atoms. The van der Waals surface area contributed by atoms with Gasteiger partial charge in [-0.15, -0.1) is 0 Å². The Morgan fingerprint density at radius 1 is 0.923 bits per heavy atom. The number of hydrogen-bond acceptors (Lipinski definition) is 7. The Bertz CT molecular complexity index is 1460. The van der Waals surface area contributed by atoms with E-state index in [0.29, 0.717) is 34.8 Å². The summed E-state index contributed by atoms with van der Waals surface area (Å²) in [6.07, 6.45) is 0.880. The lowest BCUT2D eigenvalue weighted by atomic mass is 9.71. The molecule has 2 aliphatic rings. The number of rotatable bonds is 7. The molecular weight excluding hydrogens is 494 g/mol. The molecule has 7 nitrogen and oxygen atoms in total. The van der Waals surface area contributed by atoms with Gasteiger partial charge in [0.2, 0.25) is 0 Å². The lowest BCUT2D eigenvalue weighted by Gasteiger charge is -2.36. The fraction of sp³-hybridized carbons (Fsp3) is 0.250. The number of nitrogens with one attached hydrogen (secondary N) is 1. The highest BCUT2D eigenvalue weighted by Crippen LogP contribution is 2.46. The van der Waals surface area contributed by atoms with Gasteiger partial charge in [0, 0.05) is 29.3 Å². The summed E-state index contributed by atoms with van der Waals surface area (Å²) < 4.78 is 16.6. The van der Waals surface area contributed by atoms with Crippen molar-refractivity contribution in [1.29, 1.82) is 0 Å². The molecule has 7 heteroatoms. The Morgan fingerprint density at radius 2 is 1.62 bits per heavy atom. The SMILES string of the molecule is COc1ccc([C@@H]2CC(=O)C3=C(C2)NC(C)=C(C(=O)OCc2ccccc2)[C@H]3c2ccc(O)cc2)cc1OC. The van der Waals surface area contributed by atoms with Gasteiger partial charge in [0.15, 0.2) is 17.3 Å². The van der Waals surface area contributed by atoms with Gasteiger partial charge in [-0.3, -0.25) is 4.79 Å². The first-order valence-electron chi connectivity index (χ1n) is 12.9. The van der Waals surface area contributed by atoms with Crippen LogP contribution in [0.25, 0.3) is 0 Å². The average molecular weight is 526 g/mol. The molecule has 0 fully saturated rings. The van der Waals surface area contributed by atoms with Crippen LogP contribution in [0.4, 0.5) is 0 Å². The van der Waals surface area contributed by atoms with Crippen molar-refractivity contribution < 1.29 is 28.9 Å². The lowest BCUT2D eigenvalue weighted by Crippen LogP contribution is -2.36. The van der Waals surface area contributed by atoms with Gasteiger partial charge in [-0.1, -0.05) is 48.5 Å². The molecule has 1 heterocycles. The van der Waals surface area contributed by atoms with E-state index in [-0.39, 0.29) is 30.5 Å². The molecule has 0 saturated heterocycles. The number of phenols is 1. The van der Waals surface area contributed by atoms with Gasteiger partial charge in [0.25, 0.3) is 0 Å². The van der Waals surface area contributed by atoms with E-state index in [1.807, 2.05) is 55.5 Å². The topological polar surface area (TPSA) is 94.1 Å². The van der Waals surface area contributed by atoms with Crippen LogP contribution >= 0.6 is 0 Å². The maximum Gasteiger partial charge on any atom is 0.337 e. The first-order chi connectivity index (χ1) is 18.9. The number of aromatic hydroxyl groups is 1. The number of benzene rings is 3. The Kier molecular flexibility index (Phi) is 7.41. The van der Waals surface area contributed by atoms with Crippen LogP contribution in [-0.4, -0.2) is 31.1 Å². The van der Waals surface area contributed by atoms with Crippen molar-refractivity contribution in [2.45, 2.75) is 38.2 Å². The summed E-state index contributed by atoms with van der Waals surface area (Å²) in [5.41, 5.74) is 4.99. The highest BCUT2D eigenvalue weighted by atomic mass is 16.5. The molecule has 200 valence electrons. The van der Waals surface area contributed by atoms with Crippen LogP contribution in [0, 0.1) is 0 Å². The van der Waals surface area contributed by atoms with Crippen molar-refractivity contribution in [1.82, 2.24) is 5.32 Å². The molecule has 39 heavy (non-hydrogen) atoms. The van der Waals surface area contributed by atoms with Crippen LogP contribution in [0.2, 0.25) is 0 Å². The summed E-state index contributed by atoms with van der Waals surface area (Å²) in [6, 6.07) is 21.8. The number of carbonyl (C=O) groups is 2. The van der Waals surface area contributed by atoms with Crippen LogP contribution in [0.15, 0.2) is 95.3 Å². The van der Waals surface area contributed by atoms with Crippen molar-refractivity contribution >= 4 is 11.8 Å². The molecule has 1 aliphatic heterocycles. The largest absolute Gasteiger partial charge is 0.508 e. The van der Waals surface area contributed by atoms with E-state index >= 15 is 0 Å². The fourth-order valence-corrected chi connectivity index (χ4v) is 5.45. The highest BCUT2D eigenvalue weighted by Gasteiger charge is 2.41. The molecule has 3 aromatic rings. The Labute approximate surface area is 227 Å². The number of ether oxygens (including phenoxy) is 3. The van der Waals surface area contributed by atoms with E-state index in [1.165, 1.54) is 0 Å². The number of allylic oxidation sites excluding steroid dienone is 3. The normalized spacial score (nSPS) is 18.8. The zero-order chi connectivity index (χ0) is 27.5. The molecule has 0 spiro atoms. The van der Waals surface area contributed by atoms with E-state index in [9.17, 15) is 14.7 Å². The lowest BCUT2D eigenvalue weighted by molar-refractivity contribution is -0.140. The molecule has 0 amide bonds. The standard InChI is InChI=1S/C32H31NO6/c1-19-29(32(36)39-18-20-7-5-4-6-8-20)30(21-9-12-24(34)13-10-21)31-25(33-19)15-23(16-26(31)35)22-11-14-27(37-2)28(17-22)38-3/h4-14,17,23,30,33-34H,15-16,18H2,1-3H3/t23-,30+/m0/s1. The number of hydrogen-bond donors (Lipinski definition) is 2. The number of carbonyl (C=O) groups excluding carboxylic acids is 2. The minimum Gasteiger partial charge on any atom is -0.508 e. The fourth-order valence-electron chi connectivity index (χ4n) is 5.45. The Balaban J connectivity index is 1.50. The second kappa shape index (κ2) is 11.1. The van der Waals surface area contributed by atoms with Gasteiger partial charge in [-0.2, -0.15) is 0 Å². The summed E-state index contributed by atoms with van der Waals surface area (Å²) in [5.74, 6) is 0.154. The Hall–Kier alpha value is -4.52. The van der Waals surface area contributed by atoms with E-state index in [1.54, 1.807) is 38.5 Å². The monoisotopic (exact) mass is 525 g/mol. The van der Waals surface area contributed by atoms with Gasteiger partial charge >= 0.3 is 5.97 Å². The van der Waals surface area contributed by atoms with E-state index in [4.69, 9.17) is 14.2 Å². The number of esters is 1. The highest BCUT2D eigenvalue weighted by molar-refractivity contribution is 6.04. The maximum absolute atomic E-state index is 13.8. The quantitative estimate of drug-likeness (QED) is 0.393. The van der Waals surface area contributed by atoms with Crippen molar-refractivity contribution in [3.8, 4) is 17.2 Å². The van der Waals surface area contributed by atoms with Crippen molar-refractivity contribution in [2.24, 2.45) is 0 Å². The second-order valence-electron chi connectivity index (χ2n) is 9.78. The minimum absolute atomic E-state index is 0.0394. The van der Waals surface area contributed by atoms with Crippen molar-refractivity contribution in [3.63, 3.8) is 0 Å². The molecule has 0 saturated carbocycles. The van der Waals surface area contributed by atoms with E-state index in [0.717, 1.165) is 22.4 Å². The molecule has 1 aliphatic carbocycles. The summed E-state index contributed by atoms with van der Waals surface area (Å²) in [4.78, 5) is 27.3. The molecular formula is C32H31NO6. The van der Waals surface area contributed by atoms with Gasteiger partial charge in [0.1, 0.15) is 12.4 Å². The third-order valence-corrected chi connectivity index (χ3v) is 7.37. The number of dihydropyridines is 1. The number of phenolic OH excluding ortho intramolecular Hbond substituents is 1.